The van der Waals surface area contributed by atoms with E-state index >= 15 is 0 Å². The fraction of sp³-hybridized carbons (Fsp3) is 0.867. The number of rotatable bonds is 7. The van der Waals surface area contributed by atoms with Crippen LogP contribution < -0.4 is 5.32 Å². The van der Waals surface area contributed by atoms with E-state index in [9.17, 15) is 0 Å². The van der Waals surface area contributed by atoms with Crippen molar-refractivity contribution in [1.82, 2.24) is 20.1 Å². The van der Waals surface area contributed by atoms with E-state index in [1.807, 2.05) is 18.7 Å². The third kappa shape index (κ3) is 4.28. The molecule has 0 spiro atoms. The first-order valence-corrected chi connectivity index (χ1v) is 7.48. The van der Waals surface area contributed by atoms with Gasteiger partial charge in [0.15, 0.2) is 0 Å². The number of nitrogens with one attached hydrogen (secondary N) is 1. The molecular weight excluding hydrogens is 252 g/mol. The summed E-state index contributed by atoms with van der Waals surface area (Å²) in [5.41, 5.74) is 0.0758. The molecule has 0 saturated heterocycles. The lowest BCUT2D eigenvalue weighted by molar-refractivity contribution is -0.0346. The van der Waals surface area contributed by atoms with Crippen LogP contribution in [0.5, 0.6) is 0 Å². The van der Waals surface area contributed by atoms with E-state index in [1.165, 1.54) is 0 Å². The van der Waals surface area contributed by atoms with Crippen molar-refractivity contribution in [3.05, 3.63) is 12.2 Å². The third-order valence-electron chi connectivity index (χ3n) is 3.47. The third-order valence-corrected chi connectivity index (χ3v) is 3.47. The Labute approximate surface area is 123 Å². The molecule has 1 rings (SSSR count). The van der Waals surface area contributed by atoms with Crippen LogP contribution in [0.3, 0.4) is 0 Å². The summed E-state index contributed by atoms with van der Waals surface area (Å²) in [6.45, 7) is 13.6. The van der Waals surface area contributed by atoms with E-state index in [0.717, 1.165) is 18.9 Å². The Bertz CT molecular complexity index is 395. The summed E-state index contributed by atoms with van der Waals surface area (Å²) < 4.78 is 7.97. The van der Waals surface area contributed by atoms with E-state index in [2.05, 4.69) is 50.0 Å². The van der Waals surface area contributed by atoms with Gasteiger partial charge in [0, 0.05) is 25.1 Å². The van der Waals surface area contributed by atoms with Crippen molar-refractivity contribution < 1.29 is 4.74 Å². The smallest absolute Gasteiger partial charge is 0.138 e. The van der Waals surface area contributed by atoms with Gasteiger partial charge in [-0.1, -0.05) is 20.8 Å². The summed E-state index contributed by atoms with van der Waals surface area (Å²) in [6, 6.07) is 0.543. The summed E-state index contributed by atoms with van der Waals surface area (Å²) in [6.07, 6.45) is 2.58. The maximum atomic E-state index is 5.99. The highest BCUT2D eigenvalue weighted by Gasteiger charge is 2.33. The minimum atomic E-state index is 0.0758. The number of hydrogen-bond donors (Lipinski definition) is 1. The molecule has 2 unspecified atom stereocenters. The molecule has 1 aromatic heterocycles. The molecule has 0 radical (unpaired) electrons. The van der Waals surface area contributed by atoms with E-state index in [0.29, 0.717) is 6.04 Å². The lowest BCUT2D eigenvalue weighted by Crippen LogP contribution is -2.48. The second-order valence-corrected chi connectivity index (χ2v) is 6.56. The van der Waals surface area contributed by atoms with Crippen molar-refractivity contribution in [2.45, 2.75) is 66.2 Å². The van der Waals surface area contributed by atoms with Gasteiger partial charge in [0.25, 0.3) is 0 Å². The van der Waals surface area contributed by atoms with Crippen LogP contribution in [0.4, 0.5) is 0 Å². The molecule has 0 amide bonds. The largest absolute Gasteiger partial charge is 0.376 e. The Morgan fingerprint density at radius 2 is 2.00 bits per heavy atom. The SMILES string of the molecule is CCOC(C(Cc1ncnn1C(C)C)NC)C(C)(C)C. The Kier molecular flexibility index (Phi) is 6.14. The molecular formula is C15H30N4O. The molecule has 0 fully saturated rings. The number of aromatic nitrogens is 3. The van der Waals surface area contributed by atoms with E-state index in [-0.39, 0.29) is 17.6 Å². The molecule has 2 atom stereocenters. The van der Waals surface area contributed by atoms with Crippen molar-refractivity contribution in [2.75, 3.05) is 13.7 Å². The molecule has 0 aliphatic carbocycles. The minimum absolute atomic E-state index is 0.0758. The highest BCUT2D eigenvalue weighted by Crippen LogP contribution is 2.26. The highest BCUT2D eigenvalue weighted by molar-refractivity contribution is 4.96. The predicted molar refractivity (Wildman–Crippen MR) is 81.8 cm³/mol. The fourth-order valence-corrected chi connectivity index (χ4v) is 2.56. The zero-order chi connectivity index (χ0) is 15.3. The van der Waals surface area contributed by atoms with Crippen molar-refractivity contribution >= 4 is 0 Å². The Balaban J connectivity index is 2.91. The molecule has 116 valence electrons. The maximum absolute atomic E-state index is 5.99. The Hall–Kier alpha value is -0.940. The van der Waals surface area contributed by atoms with Crippen LogP contribution >= 0.6 is 0 Å². The fourth-order valence-electron chi connectivity index (χ4n) is 2.56. The Morgan fingerprint density at radius 3 is 2.45 bits per heavy atom. The minimum Gasteiger partial charge on any atom is -0.376 e. The van der Waals surface area contributed by atoms with Crippen molar-refractivity contribution in [3.63, 3.8) is 0 Å². The molecule has 0 aliphatic rings. The van der Waals surface area contributed by atoms with Crippen LogP contribution in [-0.4, -0.2) is 40.6 Å². The van der Waals surface area contributed by atoms with E-state index in [1.54, 1.807) is 6.33 Å². The average molecular weight is 282 g/mol. The first-order valence-electron chi connectivity index (χ1n) is 7.48. The lowest BCUT2D eigenvalue weighted by Gasteiger charge is -2.36. The summed E-state index contributed by atoms with van der Waals surface area (Å²) in [4.78, 5) is 4.41. The van der Waals surface area contributed by atoms with Crippen LogP contribution in [0.25, 0.3) is 0 Å². The second kappa shape index (κ2) is 7.18. The summed E-state index contributed by atoms with van der Waals surface area (Å²) >= 11 is 0. The van der Waals surface area contributed by atoms with Crippen molar-refractivity contribution in [1.29, 1.82) is 0 Å². The van der Waals surface area contributed by atoms with Gasteiger partial charge in [-0.25, -0.2) is 9.67 Å². The normalized spacial score (nSPS) is 15.6. The number of likely N-dealkylation sites (N-methyl/N-ethyl adjacent to an activating group) is 1. The van der Waals surface area contributed by atoms with Gasteiger partial charge in [0.05, 0.1) is 6.10 Å². The topological polar surface area (TPSA) is 52.0 Å². The molecule has 0 bridgehead atoms. The monoisotopic (exact) mass is 282 g/mol. The van der Waals surface area contributed by atoms with Gasteiger partial charge in [-0.2, -0.15) is 5.10 Å². The molecule has 1 aromatic rings. The first-order chi connectivity index (χ1) is 9.31. The van der Waals surface area contributed by atoms with Gasteiger partial charge in [0.1, 0.15) is 12.2 Å². The first kappa shape index (κ1) is 17.1. The van der Waals surface area contributed by atoms with Crippen LogP contribution in [0.2, 0.25) is 0 Å². The maximum Gasteiger partial charge on any atom is 0.138 e. The van der Waals surface area contributed by atoms with Gasteiger partial charge in [-0.15, -0.1) is 0 Å². The van der Waals surface area contributed by atoms with Crippen molar-refractivity contribution in [3.8, 4) is 0 Å². The lowest BCUT2D eigenvalue weighted by atomic mass is 9.83. The van der Waals surface area contributed by atoms with Crippen LogP contribution in [-0.2, 0) is 11.2 Å². The zero-order valence-electron chi connectivity index (χ0n) is 14.0. The molecule has 5 nitrogen and oxygen atoms in total. The summed E-state index contributed by atoms with van der Waals surface area (Å²) in [5, 5.41) is 7.70. The number of ether oxygens (including phenoxy) is 1. The van der Waals surface area contributed by atoms with Crippen LogP contribution in [0, 0.1) is 5.41 Å². The highest BCUT2D eigenvalue weighted by atomic mass is 16.5. The van der Waals surface area contributed by atoms with Crippen molar-refractivity contribution in [2.24, 2.45) is 5.41 Å². The quantitative estimate of drug-likeness (QED) is 0.834. The molecule has 0 aromatic carbocycles. The molecule has 20 heavy (non-hydrogen) atoms. The van der Waals surface area contributed by atoms with Gasteiger partial charge in [-0.05, 0) is 33.2 Å². The number of nitrogens with zero attached hydrogens (tertiary/aromatic N) is 3. The predicted octanol–water partition coefficient (Wildman–Crippen LogP) is 2.44. The van der Waals surface area contributed by atoms with Crippen LogP contribution in [0.15, 0.2) is 6.33 Å². The van der Waals surface area contributed by atoms with E-state index < -0.39 is 0 Å². The number of hydrogen-bond acceptors (Lipinski definition) is 4. The molecule has 0 aliphatic heterocycles. The van der Waals surface area contributed by atoms with Gasteiger partial charge < -0.3 is 10.1 Å². The standard InChI is InChI=1S/C15H30N4O/c1-8-20-14(15(4,5)6)12(16-7)9-13-17-10-18-19(13)11(2)3/h10-12,14,16H,8-9H2,1-7H3. The molecule has 0 saturated carbocycles. The summed E-state index contributed by atoms with van der Waals surface area (Å²) in [7, 11) is 1.98. The van der Waals surface area contributed by atoms with Crippen LogP contribution in [0.1, 0.15) is 53.4 Å². The van der Waals surface area contributed by atoms with Gasteiger partial charge >= 0.3 is 0 Å². The molecule has 1 N–H and O–H groups in total. The second-order valence-electron chi connectivity index (χ2n) is 6.56. The van der Waals surface area contributed by atoms with Gasteiger partial charge in [0.2, 0.25) is 0 Å². The van der Waals surface area contributed by atoms with E-state index in [4.69, 9.17) is 4.74 Å². The molecule has 1 heterocycles. The Morgan fingerprint density at radius 1 is 1.35 bits per heavy atom. The summed E-state index contributed by atoms with van der Waals surface area (Å²) in [5.74, 6) is 1.01. The average Bonchev–Trinajstić information content (AvgIpc) is 2.80. The zero-order valence-corrected chi connectivity index (χ0v) is 14.0. The van der Waals surface area contributed by atoms with Gasteiger partial charge in [-0.3, -0.25) is 0 Å². The molecule has 5 heteroatoms.